The van der Waals surface area contributed by atoms with Crippen molar-refractivity contribution in [2.24, 2.45) is 0 Å². The van der Waals surface area contributed by atoms with Crippen LogP contribution < -0.4 is 5.32 Å². The molecule has 1 aromatic rings. The predicted molar refractivity (Wildman–Crippen MR) is 53.9 cm³/mol. The molecule has 3 heteroatoms. The van der Waals surface area contributed by atoms with Gasteiger partial charge in [-0.15, -0.1) is 0 Å². The fourth-order valence-corrected chi connectivity index (χ4v) is 1.21. The van der Waals surface area contributed by atoms with Crippen LogP contribution in [0.2, 0.25) is 0 Å². The van der Waals surface area contributed by atoms with Gasteiger partial charge in [0.2, 0.25) is 0 Å². The van der Waals surface area contributed by atoms with Crippen LogP contribution in [-0.4, -0.2) is 19.4 Å². The van der Waals surface area contributed by atoms with Gasteiger partial charge in [0, 0.05) is 12.0 Å². The molecule has 14 heavy (non-hydrogen) atoms. The van der Waals surface area contributed by atoms with Gasteiger partial charge in [-0.05, 0) is 44.3 Å². The molecule has 0 radical (unpaired) electrons. The molecule has 0 aliphatic carbocycles. The summed E-state index contributed by atoms with van der Waals surface area (Å²) in [5.74, 6) is -0.239. The fourth-order valence-electron chi connectivity index (χ4n) is 1.21. The number of carbonyl (C=O) groups is 1. The molecule has 0 amide bonds. The van der Waals surface area contributed by atoms with E-state index in [0.717, 1.165) is 13.0 Å². The first-order valence-corrected chi connectivity index (χ1v) is 4.67. The van der Waals surface area contributed by atoms with Crippen LogP contribution in [0.3, 0.4) is 0 Å². The molecule has 0 heterocycles. The van der Waals surface area contributed by atoms with E-state index in [2.05, 4.69) is 5.32 Å². The lowest BCUT2D eigenvalue weighted by molar-refractivity contribution is 0.0980. The summed E-state index contributed by atoms with van der Waals surface area (Å²) in [6, 6.07) is 5.67. The van der Waals surface area contributed by atoms with Crippen LogP contribution in [-0.2, 0) is 0 Å². The standard InChI is InChI=1S/C11H14FNO/c1-13-8-2-3-11(14)9-4-6-10(12)7-5-9/h4-7,13H,2-3,8H2,1H3. The zero-order valence-electron chi connectivity index (χ0n) is 8.22. The monoisotopic (exact) mass is 195 g/mol. The lowest BCUT2D eigenvalue weighted by Crippen LogP contribution is -2.10. The Balaban J connectivity index is 2.48. The third-order valence-corrected chi connectivity index (χ3v) is 2.00. The maximum absolute atomic E-state index is 12.5. The first-order chi connectivity index (χ1) is 6.74. The number of nitrogens with one attached hydrogen (secondary N) is 1. The van der Waals surface area contributed by atoms with Crippen molar-refractivity contribution in [3.05, 3.63) is 35.6 Å². The van der Waals surface area contributed by atoms with Crippen molar-refractivity contribution >= 4 is 5.78 Å². The molecule has 76 valence electrons. The SMILES string of the molecule is CNCCCC(=O)c1ccc(F)cc1. The molecule has 1 N–H and O–H groups in total. The van der Waals surface area contributed by atoms with E-state index in [4.69, 9.17) is 0 Å². The quantitative estimate of drug-likeness (QED) is 0.575. The summed E-state index contributed by atoms with van der Waals surface area (Å²) in [6.45, 7) is 0.826. The smallest absolute Gasteiger partial charge is 0.162 e. The number of Topliss-reactive ketones (excluding diaryl/α,β-unsaturated/α-hetero) is 1. The summed E-state index contributed by atoms with van der Waals surface area (Å²) in [5.41, 5.74) is 0.586. The molecule has 0 fully saturated rings. The van der Waals surface area contributed by atoms with Crippen LogP contribution in [0.5, 0.6) is 0 Å². The Kier molecular flexibility index (Phi) is 4.26. The van der Waals surface area contributed by atoms with E-state index in [1.54, 1.807) is 0 Å². The molecule has 1 rings (SSSR count). The van der Waals surface area contributed by atoms with Gasteiger partial charge < -0.3 is 5.32 Å². The van der Waals surface area contributed by atoms with Crippen molar-refractivity contribution in [1.29, 1.82) is 0 Å². The molecule has 2 nitrogen and oxygen atoms in total. The molecule has 0 aliphatic rings. The van der Waals surface area contributed by atoms with Gasteiger partial charge >= 0.3 is 0 Å². The number of carbonyl (C=O) groups excluding carboxylic acids is 1. The van der Waals surface area contributed by atoms with Crippen LogP contribution in [0.1, 0.15) is 23.2 Å². The van der Waals surface area contributed by atoms with Gasteiger partial charge in [0.25, 0.3) is 0 Å². The highest BCUT2D eigenvalue weighted by molar-refractivity contribution is 5.95. The summed E-state index contributed by atoms with van der Waals surface area (Å²) in [6.07, 6.45) is 1.32. The third kappa shape index (κ3) is 3.26. The van der Waals surface area contributed by atoms with Gasteiger partial charge in [-0.25, -0.2) is 4.39 Å². The van der Waals surface area contributed by atoms with Crippen molar-refractivity contribution in [1.82, 2.24) is 5.32 Å². The molecule has 0 atom stereocenters. The Hall–Kier alpha value is -1.22. The summed E-state index contributed by atoms with van der Waals surface area (Å²) in [4.78, 5) is 11.5. The van der Waals surface area contributed by atoms with E-state index in [9.17, 15) is 9.18 Å². The number of ketones is 1. The average molecular weight is 195 g/mol. The lowest BCUT2D eigenvalue weighted by atomic mass is 10.1. The van der Waals surface area contributed by atoms with Gasteiger partial charge in [0.05, 0.1) is 0 Å². The highest BCUT2D eigenvalue weighted by atomic mass is 19.1. The zero-order valence-corrected chi connectivity index (χ0v) is 8.22. The zero-order chi connectivity index (χ0) is 10.4. The molecule has 0 aromatic heterocycles. The molecule has 1 aromatic carbocycles. The number of hydrogen-bond acceptors (Lipinski definition) is 2. The molecular formula is C11H14FNO. The van der Waals surface area contributed by atoms with Gasteiger partial charge in [-0.2, -0.15) is 0 Å². The van der Waals surface area contributed by atoms with E-state index < -0.39 is 0 Å². The van der Waals surface area contributed by atoms with Crippen LogP contribution >= 0.6 is 0 Å². The summed E-state index contributed by atoms with van der Waals surface area (Å²) >= 11 is 0. The van der Waals surface area contributed by atoms with Crippen LogP contribution in [0.15, 0.2) is 24.3 Å². The van der Waals surface area contributed by atoms with Gasteiger partial charge in [-0.1, -0.05) is 0 Å². The third-order valence-electron chi connectivity index (χ3n) is 2.00. The van der Waals surface area contributed by atoms with Crippen LogP contribution in [0, 0.1) is 5.82 Å². The number of benzene rings is 1. The minimum absolute atomic E-state index is 0.0697. The highest BCUT2D eigenvalue weighted by Gasteiger charge is 2.04. The van der Waals surface area contributed by atoms with E-state index in [-0.39, 0.29) is 11.6 Å². The normalized spacial score (nSPS) is 10.1. The summed E-state index contributed by atoms with van der Waals surface area (Å²) < 4.78 is 12.5. The van der Waals surface area contributed by atoms with Crippen LogP contribution in [0.25, 0.3) is 0 Å². The predicted octanol–water partition coefficient (Wildman–Crippen LogP) is 2.01. The largest absolute Gasteiger partial charge is 0.320 e. The Morgan fingerprint density at radius 2 is 2.00 bits per heavy atom. The fraction of sp³-hybridized carbons (Fsp3) is 0.364. The minimum Gasteiger partial charge on any atom is -0.320 e. The second-order valence-corrected chi connectivity index (χ2v) is 3.14. The molecule has 0 saturated carbocycles. The molecule has 0 aliphatic heterocycles. The first-order valence-electron chi connectivity index (χ1n) is 4.67. The second kappa shape index (κ2) is 5.50. The Morgan fingerprint density at radius 1 is 1.36 bits per heavy atom. The minimum atomic E-state index is -0.309. The number of halogens is 1. The van der Waals surface area contributed by atoms with E-state index >= 15 is 0 Å². The van der Waals surface area contributed by atoms with Crippen LogP contribution in [0.4, 0.5) is 4.39 Å². The molecular weight excluding hydrogens is 181 g/mol. The van der Waals surface area contributed by atoms with Crippen molar-refractivity contribution in [2.45, 2.75) is 12.8 Å². The average Bonchev–Trinajstić information content (AvgIpc) is 2.19. The Morgan fingerprint density at radius 3 is 2.57 bits per heavy atom. The maximum atomic E-state index is 12.5. The van der Waals surface area contributed by atoms with Gasteiger partial charge in [0.1, 0.15) is 5.82 Å². The van der Waals surface area contributed by atoms with Crippen molar-refractivity contribution in [2.75, 3.05) is 13.6 Å². The summed E-state index contributed by atoms with van der Waals surface area (Å²) in [7, 11) is 1.85. The molecule has 0 spiro atoms. The molecule has 0 unspecified atom stereocenters. The topological polar surface area (TPSA) is 29.1 Å². The van der Waals surface area contributed by atoms with Crippen molar-refractivity contribution in [3.8, 4) is 0 Å². The van der Waals surface area contributed by atoms with Gasteiger partial charge in [-0.3, -0.25) is 4.79 Å². The lowest BCUT2D eigenvalue weighted by Gasteiger charge is -2.00. The first kappa shape index (κ1) is 10.9. The number of hydrogen-bond donors (Lipinski definition) is 1. The highest BCUT2D eigenvalue weighted by Crippen LogP contribution is 2.06. The van der Waals surface area contributed by atoms with E-state index in [1.807, 2.05) is 7.05 Å². The Bertz CT molecular complexity index is 295. The van der Waals surface area contributed by atoms with Crippen molar-refractivity contribution < 1.29 is 9.18 Å². The Labute approximate surface area is 83.1 Å². The summed E-state index contributed by atoms with van der Waals surface area (Å²) in [5, 5.41) is 2.97. The van der Waals surface area contributed by atoms with Crippen molar-refractivity contribution in [3.63, 3.8) is 0 Å². The van der Waals surface area contributed by atoms with E-state index in [1.165, 1.54) is 24.3 Å². The maximum Gasteiger partial charge on any atom is 0.162 e. The van der Waals surface area contributed by atoms with Gasteiger partial charge in [0.15, 0.2) is 5.78 Å². The molecule has 0 bridgehead atoms. The molecule has 0 saturated heterocycles. The number of rotatable bonds is 5. The second-order valence-electron chi connectivity index (χ2n) is 3.14. The van der Waals surface area contributed by atoms with E-state index in [0.29, 0.717) is 12.0 Å².